The second-order valence-electron chi connectivity index (χ2n) is 4.25. The first-order valence-electron chi connectivity index (χ1n) is 4.84. The van der Waals surface area contributed by atoms with E-state index in [0.29, 0.717) is 6.54 Å². The van der Waals surface area contributed by atoms with Gasteiger partial charge in [0.25, 0.3) is 0 Å². The number of aliphatic carboxylic acids is 1. The molecule has 0 spiro atoms. The molecule has 0 aromatic rings. The van der Waals surface area contributed by atoms with Crippen molar-refractivity contribution >= 4 is 16.0 Å². The summed E-state index contributed by atoms with van der Waals surface area (Å²) in [4.78, 5) is 10.4. The molecule has 0 saturated heterocycles. The molecule has 0 bridgehead atoms. The number of carboxylic acid groups (broad SMARTS) is 1. The summed E-state index contributed by atoms with van der Waals surface area (Å²) in [5.41, 5.74) is 0. The van der Waals surface area contributed by atoms with Crippen molar-refractivity contribution in [1.82, 2.24) is 4.31 Å². The van der Waals surface area contributed by atoms with Gasteiger partial charge in [0.05, 0.1) is 11.2 Å². The first-order chi connectivity index (χ1) is 6.63. The van der Waals surface area contributed by atoms with Crippen LogP contribution >= 0.6 is 0 Å². The van der Waals surface area contributed by atoms with Gasteiger partial charge in [-0.2, -0.15) is 0 Å². The van der Waals surface area contributed by atoms with Crippen LogP contribution in [0.3, 0.4) is 0 Å². The second-order valence-corrected chi connectivity index (χ2v) is 6.94. The highest BCUT2D eigenvalue weighted by molar-refractivity contribution is 7.90. The number of sulfonamides is 1. The van der Waals surface area contributed by atoms with E-state index in [1.807, 2.05) is 0 Å². The van der Waals surface area contributed by atoms with Crippen molar-refractivity contribution in [1.29, 1.82) is 0 Å². The number of carboxylic acids is 1. The van der Waals surface area contributed by atoms with E-state index in [1.165, 1.54) is 4.31 Å². The standard InChI is InChI=1S/C9H19NO4S/c1-5-10(7-6-8(11)12)15(13,14)9(2,3)4/h5-7H2,1-4H3,(H,11,12). The third kappa shape index (κ3) is 3.79. The normalized spacial score (nSPS) is 13.1. The smallest absolute Gasteiger partial charge is 0.304 e. The van der Waals surface area contributed by atoms with Crippen molar-refractivity contribution in [3.63, 3.8) is 0 Å². The fourth-order valence-electron chi connectivity index (χ4n) is 1.06. The highest BCUT2D eigenvalue weighted by Crippen LogP contribution is 2.19. The number of nitrogens with zero attached hydrogens (tertiary/aromatic N) is 1. The summed E-state index contributed by atoms with van der Waals surface area (Å²) in [5.74, 6) is -0.988. The zero-order valence-corrected chi connectivity index (χ0v) is 10.5. The average molecular weight is 237 g/mol. The van der Waals surface area contributed by atoms with Gasteiger partial charge >= 0.3 is 5.97 Å². The van der Waals surface area contributed by atoms with Crippen LogP contribution in [0.15, 0.2) is 0 Å². The molecule has 0 radical (unpaired) electrons. The number of rotatable bonds is 5. The third-order valence-electron chi connectivity index (χ3n) is 2.04. The van der Waals surface area contributed by atoms with Gasteiger partial charge in [-0.1, -0.05) is 6.92 Å². The fraction of sp³-hybridized carbons (Fsp3) is 0.889. The van der Waals surface area contributed by atoms with Crippen LogP contribution in [0.25, 0.3) is 0 Å². The van der Waals surface area contributed by atoms with Gasteiger partial charge in [-0.3, -0.25) is 4.79 Å². The number of hydrogen-bond acceptors (Lipinski definition) is 3. The Balaban J connectivity index is 4.76. The lowest BCUT2D eigenvalue weighted by Crippen LogP contribution is -2.43. The third-order valence-corrected chi connectivity index (χ3v) is 4.71. The van der Waals surface area contributed by atoms with Gasteiger partial charge in [0.1, 0.15) is 0 Å². The van der Waals surface area contributed by atoms with Crippen molar-refractivity contribution in [3.8, 4) is 0 Å². The molecule has 0 rings (SSSR count). The first kappa shape index (κ1) is 14.4. The van der Waals surface area contributed by atoms with E-state index in [0.717, 1.165) is 0 Å². The summed E-state index contributed by atoms with van der Waals surface area (Å²) in [6.45, 7) is 6.84. The SMILES string of the molecule is CCN(CCC(=O)O)S(=O)(=O)C(C)(C)C. The van der Waals surface area contributed by atoms with Crippen molar-refractivity contribution in [2.75, 3.05) is 13.1 Å². The van der Waals surface area contributed by atoms with Gasteiger partial charge in [0.2, 0.25) is 10.0 Å². The van der Waals surface area contributed by atoms with Crippen LogP contribution < -0.4 is 0 Å². The molecule has 6 heteroatoms. The molecule has 0 fully saturated rings. The van der Waals surface area contributed by atoms with Crippen molar-refractivity contribution < 1.29 is 18.3 Å². The quantitative estimate of drug-likeness (QED) is 0.771. The van der Waals surface area contributed by atoms with Crippen LogP contribution in [0.1, 0.15) is 34.1 Å². The van der Waals surface area contributed by atoms with E-state index >= 15 is 0 Å². The zero-order valence-electron chi connectivity index (χ0n) is 9.65. The largest absolute Gasteiger partial charge is 0.481 e. The molecule has 0 aliphatic rings. The Hall–Kier alpha value is -0.620. The Morgan fingerprint density at radius 1 is 1.33 bits per heavy atom. The van der Waals surface area contributed by atoms with Crippen LogP contribution in [0, 0.1) is 0 Å². The number of hydrogen-bond donors (Lipinski definition) is 1. The van der Waals surface area contributed by atoms with Gasteiger partial charge in [-0.25, -0.2) is 12.7 Å². The Morgan fingerprint density at radius 2 is 1.80 bits per heavy atom. The highest BCUT2D eigenvalue weighted by atomic mass is 32.2. The van der Waals surface area contributed by atoms with E-state index in [1.54, 1.807) is 27.7 Å². The van der Waals surface area contributed by atoms with Crippen LogP contribution in [0.4, 0.5) is 0 Å². The predicted octanol–water partition coefficient (Wildman–Crippen LogP) is 0.911. The Kier molecular flexibility index (Phi) is 4.73. The summed E-state index contributed by atoms with van der Waals surface area (Å²) in [6, 6.07) is 0. The lowest BCUT2D eigenvalue weighted by Gasteiger charge is -2.28. The van der Waals surface area contributed by atoms with Crippen LogP contribution in [-0.4, -0.2) is 41.6 Å². The molecule has 0 saturated carbocycles. The maximum absolute atomic E-state index is 11.9. The second kappa shape index (κ2) is 4.94. The minimum atomic E-state index is -3.41. The predicted molar refractivity (Wildman–Crippen MR) is 58.2 cm³/mol. The van der Waals surface area contributed by atoms with Crippen molar-refractivity contribution in [2.24, 2.45) is 0 Å². The van der Waals surface area contributed by atoms with Crippen LogP contribution in [0.2, 0.25) is 0 Å². The van der Waals surface area contributed by atoms with E-state index in [9.17, 15) is 13.2 Å². The minimum Gasteiger partial charge on any atom is -0.481 e. The van der Waals surface area contributed by atoms with E-state index in [2.05, 4.69) is 0 Å². The summed E-state index contributed by atoms with van der Waals surface area (Å²) >= 11 is 0. The minimum absolute atomic E-state index is 0.0332. The molecule has 90 valence electrons. The molecule has 5 nitrogen and oxygen atoms in total. The summed E-state index contributed by atoms with van der Waals surface area (Å²) in [7, 11) is -3.41. The van der Waals surface area contributed by atoms with Gasteiger partial charge in [0, 0.05) is 13.1 Å². The maximum atomic E-state index is 11.9. The molecule has 1 N–H and O–H groups in total. The van der Waals surface area contributed by atoms with Gasteiger partial charge in [-0.05, 0) is 20.8 Å². The molecule has 15 heavy (non-hydrogen) atoms. The summed E-state index contributed by atoms with van der Waals surface area (Å²) in [5, 5.41) is 8.50. The highest BCUT2D eigenvalue weighted by Gasteiger charge is 2.34. The average Bonchev–Trinajstić information content (AvgIpc) is 2.02. The number of carbonyl (C=O) groups is 1. The molecule has 0 amide bonds. The van der Waals surface area contributed by atoms with Crippen molar-refractivity contribution in [3.05, 3.63) is 0 Å². The van der Waals surface area contributed by atoms with Crippen molar-refractivity contribution in [2.45, 2.75) is 38.9 Å². The molecule has 0 aromatic carbocycles. The molecule has 0 heterocycles. The van der Waals surface area contributed by atoms with Crippen LogP contribution in [0.5, 0.6) is 0 Å². The molecule has 0 aliphatic carbocycles. The molecule has 0 aromatic heterocycles. The summed E-state index contributed by atoms with van der Waals surface area (Å²) < 4.78 is 24.2. The maximum Gasteiger partial charge on any atom is 0.304 e. The van der Waals surface area contributed by atoms with Gasteiger partial charge in [0.15, 0.2) is 0 Å². The fourth-order valence-corrected chi connectivity index (χ4v) is 2.50. The molecular formula is C9H19NO4S. The molecule has 0 unspecified atom stereocenters. The zero-order chi connectivity index (χ0) is 12.3. The van der Waals surface area contributed by atoms with E-state index in [-0.39, 0.29) is 13.0 Å². The lowest BCUT2D eigenvalue weighted by molar-refractivity contribution is -0.137. The van der Waals surface area contributed by atoms with E-state index < -0.39 is 20.7 Å². The monoisotopic (exact) mass is 237 g/mol. The molecular weight excluding hydrogens is 218 g/mol. The van der Waals surface area contributed by atoms with Gasteiger partial charge in [-0.15, -0.1) is 0 Å². The first-order valence-corrected chi connectivity index (χ1v) is 6.28. The van der Waals surface area contributed by atoms with Gasteiger partial charge < -0.3 is 5.11 Å². The lowest BCUT2D eigenvalue weighted by atomic mass is 10.3. The Labute approximate surface area is 91.1 Å². The molecule has 0 aliphatic heterocycles. The Bertz CT molecular complexity index is 315. The van der Waals surface area contributed by atoms with Crippen LogP contribution in [-0.2, 0) is 14.8 Å². The topological polar surface area (TPSA) is 74.7 Å². The molecule has 0 atom stereocenters. The Morgan fingerprint density at radius 3 is 2.07 bits per heavy atom. The van der Waals surface area contributed by atoms with E-state index in [4.69, 9.17) is 5.11 Å². The summed E-state index contributed by atoms with van der Waals surface area (Å²) in [6.07, 6.45) is -0.164.